The summed E-state index contributed by atoms with van der Waals surface area (Å²) in [4.78, 5) is 19.5. The van der Waals surface area contributed by atoms with E-state index in [2.05, 4.69) is 27.0 Å². The number of rotatable bonds is 4. The summed E-state index contributed by atoms with van der Waals surface area (Å²) in [6, 6.07) is 9.05. The molecule has 1 saturated heterocycles. The molecule has 15 heteroatoms. The van der Waals surface area contributed by atoms with Crippen LogP contribution in [-0.2, 0) is 6.18 Å². The summed E-state index contributed by atoms with van der Waals surface area (Å²) < 4.78 is 56.6. The Hall–Kier alpha value is -4.24. The number of aromatic nitrogens is 3. The SMILES string of the molecule is Cc1cc(C(F)(F)F)c(C#N)c(N2CC[C@@H](N)[Si]2C(=O)N(CC#Cc2ccc(N)nn2)c2ccc(F)c(Cl)c2)n1. The fraction of sp³-hybridized carbons (Fsp3) is 0.240. The maximum atomic E-state index is 14.1. The van der Waals surface area contributed by atoms with Gasteiger partial charge in [0.05, 0.1) is 17.1 Å². The molecule has 0 bridgehead atoms. The predicted octanol–water partition coefficient (Wildman–Crippen LogP) is 3.77. The van der Waals surface area contributed by atoms with Crippen molar-refractivity contribution in [3.05, 3.63) is 69.8 Å². The minimum absolute atomic E-state index is 0.0215. The standard InChI is InChI=1S/C25H20ClF4N8OSi/c1-14-11-18(25(28,29)30)17(13-31)23(34-14)38-10-8-22(33)40(38)24(39)37(16-5-6-20(27)19(26)12-16)9-2-3-15-4-7-21(32)36-35-15/h4-7,11-12,22H,8-10,33H2,1H3,(H2,32,36)/t22-/m0/s1. The van der Waals surface area contributed by atoms with Crippen LogP contribution in [0.5, 0.6) is 0 Å². The lowest BCUT2D eigenvalue weighted by atomic mass is 10.1. The number of alkyl halides is 3. The lowest BCUT2D eigenvalue weighted by molar-refractivity contribution is -0.137. The molecule has 4 rings (SSSR count). The Morgan fingerprint density at radius 1 is 1.27 bits per heavy atom. The zero-order valence-corrected chi connectivity index (χ0v) is 22.6. The molecule has 0 spiro atoms. The lowest BCUT2D eigenvalue weighted by Gasteiger charge is -2.31. The first kappa shape index (κ1) is 28.8. The Morgan fingerprint density at radius 2 is 2.02 bits per heavy atom. The van der Waals surface area contributed by atoms with E-state index in [4.69, 9.17) is 23.1 Å². The molecule has 4 N–H and O–H groups in total. The van der Waals surface area contributed by atoms with Gasteiger partial charge in [-0.15, -0.1) is 10.2 Å². The summed E-state index contributed by atoms with van der Waals surface area (Å²) in [7, 11) is -2.57. The maximum absolute atomic E-state index is 14.1. The topological polar surface area (TPSA) is 138 Å². The van der Waals surface area contributed by atoms with E-state index in [1.165, 1.54) is 40.7 Å². The van der Waals surface area contributed by atoms with Crippen molar-refractivity contribution in [2.24, 2.45) is 5.73 Å². The Labute approximate surface area is 233 Å². The van der Waals surface area contributed by atoms with Crippen molar-refractivity contribution in [1.29, 1.82) is 5.26 Å². The van der Waals surface area contributed by atoms with Crippen molar-refractivity contribution in [2.75, 3.05) is 28.3 Å². The number of anilines is 3. The highest BCUT2D eigenvalue weighted by atomic mass is 35.5. The molecule has 1 amide bonds. The van der Waals surface area contributed by atoms with E-state index >= 15 is 0 Å². The zero-order chi connectivity index (χ0) is 29.2. The van der Waals surface area contributed by atoms with Crippen LogP contribution in [0.4, 0.5) is 39.7 Å². The van der Waals surface area contributed by atoms with Crippen LogP contribution >= 0.6 is 11.6 Å². The molecular formula is C25H20ClF4N8OSi. The number of amides is 1. The van der Waals surface area contributed by atoms with Gasteiger partial charge in [0.1, 0.15) is 34.8 Å². The predicted molar refractivity (Wildman–Crippen MR) is 142 cm³/mol. The normalized spacial score (nSPS) is 15.3. The molecule has 3 aromatic rings. The highest BCUT2D eigenvalue weighted by molar-refractivity contribution is 6.95. The van der Waals surface area contributed by atoms with Gasteiger partial charge in [-0.1, -0.05) is 17.5 Å². The van der Waals surface area contributed by atoms with Gasteiger partial charge in [0.15, 0.2) is 0 Å². The van der Waals surface area contributed by atoms with E-state index in [0.29, 0.717) is 0 Å². The van der Waals surface area contributed by atoms with Crippen LogP contribution in [0.1, 0.15) is 28.9 Å². The number of hydrogen-bond donors (Lipinski definition) is 2. The third kappa shape index (κ3) is 5.99. The number of benzene rings is 1. The second-order valence-corrected chi connectivity index (χ2v) is 11.6. The first-order valence-electron chi connectivity index (χ1n) is 11.6. The molecule has 1 aliphatic rings. The van der Waals surface area contributed by atoms with Gasteiger partial charge < -0.3 is 20.9 Å². The number of nitrogens with zero attached hydrogens (tertiary/aromatic N) is 6. The minimum atomic E-state index is -4.82. The molecular weight excluding hydrogens is 568 g/mol. The quantitative estimate of drug-likeness (QED) is 0.267. The number of nitrogens with two attached hydrogens (primary N) is 2. The van der Waals surface area contributed by atoms with E-state index in [-0.39, 0.29) is 53.2 Å². The first-order chi connectivity index (χ1) is 18.9. The summed E-state index contributed by atoms with van der Waals surface area (Å²) in [5.74, 6) is 4.78. The number of halogens is 5. The molecule has 1 fully saturated rings. The molecule has 9 nitrogen and oxygen atoms in total. The van der Waals surface area contributed by atoms with Gasteiger partial charge in [-0.05, 0) is 55.7 Å². The Morgan fingerprint density at radius 3 is 2.65 bits per heavy atom. The Kier molecular flexibility index (Phi) is 8.25. The number of carbonyl (C=O) groups excluding carboxylic acids is 1. The Balaban J connectivity index is 1.77. The fourth-order valence-electron chi connectivity index (χ4n) is 4.10. The molecule has 40 heavy (non-hydrogen) atoms. The molecule has 1 atom stereocenters. The Bertz CT molecular complexity index is 1550. The van der Waals surface area contributed by atoms with Gasteiger partial charge in [0.25, 0.3) is 0 Å². The summed E-state index contributed by atoms with van der Waals surface area (Å²) in [6.07, 6.45) is -4.55. The molecule has 1 aliphatic heterocycles. The summed E-state index contributed by atoms with van der Waals surface area (Å²) >= 11 is 5.98. The van der Waals surface area contributed by atoms with E-state index in [1.807, 2.05) is 0 Å². The third-order valence-corrected chi connectivity index (χ3v) is 8.93. The van der Waals surface area contributed by atoms with Crippen LogP contribution in [0, 0.1) is 35.9 Å². The average molecular weight is 588 g/mol. The third-order valence-electron chi connectivity index (χ3n) is 5.92. The monoisotopic (exact) mass is 587 g/mol. The van der Waals surface area contributed by atoms with Gasteiger partial charge in [0, 0.05) is 23.6 Å². The van der Waals surface area contributed by atoms with Crippen molar-refractivity contribution in [1.82, 2.24) is 15.2 Å². The van der Waals surface area contributed by atoms with Crippen molar-refractivity contribution < 1.29 is 22.4 Å². The van der Waals surface area contributed by atoms with E-state index in [9.17, 15) is 27.6 Å². The van der Waals surface area contributed by atoms with Crippen LogP contribution in [0.25, 0.3) is 0 Å². The molecule has 1 aromatic carbocycles. The zero-order valence-electron chi connectivity index (χ0n) is 20.8. The number of aryl methyl sites for hydroxylation is 1. The van der Waals surface area contributed by atoms with E-state index < -0.39 is 43.3 Å². The minimum Gasteiger partial charge on any atom is -0.382 e. The number of pyridine rings is 1. The van der Waals surface area contributed by atoms with Crippen LogP contribution in [0.3, 0.4) is 0 Å². The fourth-order valence-corrected chi connectivity index (χ4v) is 6.87. The van der Waals surface area contributed by atoms with Gasteiger partial charge in [-0.25, -0.2) is 9.37 Å². The van der Waals surface area contributed by atoms with E-state index in [1.54, 1.807) is 6.07 Å². The van der Waals surface area contributed by atoms with Gasteiger partial charge in [-0.2, -0.15) is 18.4 Å². The van der Waals surface area contributed by atoms with Crippen molar-refractivity contribution in [3.8, 4) is 17.9 Å². The highest BCUT2D eigenvalue weighted by Gasteiger charge is 2.46. The number of nitriles is 1. The maximum Gasteiger partial charge on any atom is 0.417 e. The van der Waals surface area contributed by atoms with Crippen molar-refractivity contribution in [3.63, 3.8) is 0 Å². The van der Waals surface area contributed by atoms with Crippen LogP contribution in [-0.4, -0.2) is 48.4 Å². The van der Waals surface area contributed by atoms with Gasteiger partial charge in [0.2, 0.25) is 5.53 Å². The van der Waals surface area contributed by atoms with E-state index in [0.717, 1.165) is 12.1 Å². The first-order valence-corrected chi connectivity index (χ1v) is 13.5. The molecule has 1 radical (unpaired) electrons. The summed E-state index contributed by atoms with van der Waals surface area (Å²) in [5, 5.41) is 17.0. The summed E-state index contributed by atoms with van der Waals surface area (Å²) in [6.45, 7) is 1.25. The second-order valence-electron chi connectivity index (χ2n) is 8.69. The molecule has 0 unspecified atom stereocenters. The van der Waals surface area contributed by atoms with Crippen molar-refractivity contribution in [2.45, 2.75) is 25.2 Å². The molecule has 3 heterocycles. The number of nitrogen functional groups attached to an aromatic ring is 1. The van der Waals surface area contributed by atoms with Crippen LogP contribution < -0.4 is 20.9 Å². The summed E-state index contributed by atoms with van der Waals surface area (Å²) in [5.41, 5.74) is 9.23. The van der Waals surface area contributed by atoms with Gasteiger partial charge in [-0.3, -0.25) is 4.79 Å². The number of hydrogen-bond acceptors (Lipinski definition) is 8. The highest BCUT2D eigenvalue weighted by Crippen LogP contribution is 2.37. The smallest absolute Gasteiger partial charge is 0.382 e. The van der Waals surface area contributed by atoms with Crippen LogP contribution in [0.15, 0.2) is 36.4 Å². The second kappa shape index (κ2) is 11.5. The molecule has 2 aromatic heterocycles. The number of carbonyl (C=O) groups is 1. The van der Waals surface area contributed by atoms with Crippen molar-refractivity contribution >= 4 is 43.4 Å². The largest absolute Gasteiger partial charge is 0.417 e. The van der Waals surface area contributed by atoms with Gasteiger partial charge >= 0.3 is 15.1 Å². The lowest BCUT2D eigenvalue weighted by Crippen LogP contribution is -2.57. The van der Waals surface area contributed by atoms with Crippen LogP contribution in [0.2, 0.25) is 5.02 Å². The average Bonchev–Trinajstić information content (AvgIpc) is 3.29. The molecule has 0 saturated carbocycles. The molecule has 0 aliphatic carbocycles. The molecule has 205 valence electrons.